The molecule has 0 aliphatic heterocycles. The monoisotopic (exact) mass is 797 g/mol. The lowest BCUT2D eigenvalue weighted by Gasteiger charge is -2.27. The molecule has 8 aromatic rings. The van der Waals surface area contributed by atoms with Crippen LogP contribution in [0, 0.1) is 13.8 Å². The molecule has 60 heavy (non-hydrogen) atoms. The summed E-state index contributed by atoms with van der Waals surface area (Å²) < 4.78 is 81.2. The zero-order valence-corrected chi connectivity index (χ0v) is 35.6. The van der Waals surface area contributed by atoms with Gasteiger partial charge in [-0.05, 0) is 105 Å². The van der Waals surface area contributed by atoms with Crippen molar-refractivity contribution in [3.05, 3.63) is 167 Å². The number of hydrogen-bond acceptors (Lipinski definition) is 3. The second kappa shape index (κ2) is 15.1. The van der Waals surface area contributed by atoms with Gasteiger partial charge in [0.1, 0.15) is 11.6 Å². The number of para-hydroxylation sites is 2. The summed E-state index contributed by atoms with van der Waals surface area (Å²) in [7, 11) is 0. The van der Waals surface area contributed by atoms with E-state index in [0.29, 0.717) is 44.8 Å². The molecule has 0 aliphatic rings. The van der Waals surface area contributed by atoms with Crippen molar-refractivity contribution in [2.75, 3.05) is 0 Å². The van der Waals surface area contributed by atoms with Gasteiger partial charge in [-0.2, -0.15) is 0 Å². The van der Waals surface area contributed by atoms with Gasteiger partial charge < -0.3 is 5.11 Å². The van der Waals surface area contributed by atoms with Gasteiger partial charge in [0.2, 0.25) is 0 Å². The predicted molar refractivity (Wildman–Crippen MR) is 253 cm³/mol. The maximum Gasteiger partial charge on any atom is 0.149 e. The van der Waals surface area contributed by atoms with Gasteiger partial charge in [-0.25, -0.2) is 4.98 Å². The molecule has 0 aliphatic carbocycles. The van der Waals surface area contributed by atoms with Crippen LogP contribution < -0.4 is 0 Å². The highest BCUT2D eigenvalue weighted by molar-refractivity contribution is 5.98. The first-order valence-electron chi connectivity index (χ1n) is 24.9. The first-order chi connectivity index (χ1) is 32.2. The Morgan fingerprint density at radius 3 is 1.85 bits per heavy atom. The average Bonchev–Trinajstić information content (AvgIpc) is 3.64. The Balaban J connectivity index is 1.54. The second-order valence-electron chi connectivity index (χ2n) is 18.0. The summed E-state index contributed by atoms with van der Waals surface area (Å²) in [6.07, 6.45) is 1.71. The van der Waals surface area contributed by atoms with Gasteiger partial charge in [-0.1, -0.05) is 165 Å². The fourth-order valence-electron chi connectivity index (χ4n) is 8.31. The van der Waals surface area contributed by atoms with Gasteiger partial charge >= 0.3 is 0 Å². The van der Waals surface area contributed by atoms with Crippen LogP contribution >= 0.6 is 0 Å². The molecule has 2 aromatic heterocycles. The van der Waals surface area contributed by atoms with E-state index in [1.54, 1.807) is 12.3 Å². The Bertz CT molecular complexity index is 3190. The van der Waals surface area contributed by atoms with Gasteiger partial charge in [0.25, 0.3) is 0 Å². The van der Waals surface area contributed by atoms with Crippen molar-refractivity contribution in [3.63, 3.8) is 0 Å². The first kappa shape index (κ1) is 30.7. The summed E-state index contributed by atoms with van der Waals surface area (Å²) >= 11 is 0. The van der Waals surface area contributed by atoms with Crippen molar-refractivity contribution < 1.29 is 17.4 Å². The first-order valence-corrected chi connectivity index (χ1v) is 20.4. The summed E-state index contributed by atoms with van der Waals surface area (Å²) in [6.45, 7) is 5.77. The molecule has 0 atom stereocenters. The lowest BCUT2D eigenvalue weighted by Crippen LogP contribution is -2.17. The molecule has 8 rings (SSSR count). The molecular formula is C56H57N3O. The number of phenolic OH excluding ortho intramolecular Hbond substituents is 1. The minimum absolute atomic E-state index is 0.0723. The number of hydrogen-bond donors (Lipinski definition) is 1. The minimum atomic E-state index is -3.54. The Labute approximate surface area is 369 Å². The number of fused-ring (bicyclic) bond motifs is 1. The molecule has 4 nitrogen and oxygen atoms in total. The molecule has 302 valence electrons. The summed E-state index contributed by atoms with van der Waals surface area (Å²) in [5, 5.41) is 12.5. The number of rotatable bonds is 6. The second-order valence-corrected chi connectivity index (χ2v) is 18.0. The van der Waals surface area contributed by atoms with Crippen LogP contribution in [0.1, 0.15) is 102 Å². The quantitative estimate of drug-likeness (QED) is 0.182. The molecule has 0 spiro atoms. The van der Waals surface area contributed by atoms with Crippen molar-refractivity contribution in [3.8, 4) is 67.5 Å². The van der Waals surface area contributed by atoms with Gasteiger partial charge in [0.15, 0.2) is 0 Å². The molecular weight excluding hydrogens is 731 g/mol. The highest BCUT2D eigenvalue weighted by atomic mass is 16.3. The van der Waals surface area contributed by atoms with Crippen LogP contribution in [-0.2, 0) is 16.2 Å². The number of phenols is 1. The smallest absolute Gasteiger partial charge is 0.149 e. The van der Waals surface area contributed by atoms with Crippen molar-refractivity contribution in [2.24, 2.45) is 0 Å². The zero-order chi connectivity index (χ0) is 50.2. The molecule has 0 bridgehead atoms. The fourth-order valence-corrected chi connectivity index (χ4v) is 8.31. The Kier molecular flexibility index (Phi) is 7.73. The molecule has 0 amide bonds. The number of imidazole rings is 1. The van der Waals surface area contributed by atoms with E-state index < -0.39 is 36.9 Å². The number of aromatic nitrogens is 3. The van der Waals surface area contributed by atoms with E-state index >= 15 is 0 Å². The van der Waals surface area contributed by atoms with Gasteiger partial charge in [-0.3, -0.25) is 9.55 Å². The van der Waals surface area contributed by atoms with Crippen LogP contribution in [0.25, 0.3) is 72.7 Å². The largest absolute Gasteiger partial charge is 0.507 e. The Morgan fingerprint density at radius 1 is 0.567 bits per heavy atom. The van der Waals surface area contributed by atoms with Crippen molar-refractivity contribution >= 4 is 11.0 Å². The van der Waals surface area contributed by atoms with Crippen LogP contribution in [0.15, 0.2) is 140 Å². The van der Waals surface area contributed by atoms with E-state index in [2.05, 4.69) is 47.6 Å². The number of pyridine rings is 1. The van der Waals surface area contributed by atoms with E-state index in [4.69, 9.17) is 22.3 Å². The topological polar surface area (TPSA) is 50.9 Å². The van der Waals surface area contributed by atoms with Crippen LogP contribution in [0.2, 0.25) is 0 Å². The van der Waals surface area contributed by atoms with E-state index in [0.717, 1.165) is 50.2 Å². The maximum atomic E-state index is 12.5. The molecule has 0 radical (unpaired) electrons. The standard InChI is InChI=1S/C56H57N3O/c1-35-34-57-50(36(2)49(35)38-23-16-13-17-24-38)40-29-39(30-41(31-40)54(3,4)5)44-26-20-28-48-51(44)58-53(45-32-42(55(6,7)8)33-46(52(45)60)56(9,10)11)59(48)47-27-19-18-25-43(47)37-21-14-12-15-22-37/h12-34,60H,1-11H3/i3D3,4D3,5D3. The summed E-state index contributed by atoms with van der Waals surface area (Å²) in [5.41, 5.74) is 6.33. The zero-order valence-electron chi connectivity index (χ0n) is 44.6. The third kappa shape index (κ3) is 7.45. The molecule has 2 heterocycles. The minimum Gasteiger partial charge on any atom is -0.507 e. The molecule has 0 saturated heterocycles. The van der Waals surface area contributed by atoms with E-state index in [-0.39, 0.29) is 11.2 Å². The summed E-state index contributed by atoms with van der Waals surface area (Å²) in [4.78, 5) is 10.3. The summed E-state index contributed by atoms with van der Waals surface area (Å²) in [6, 6.07) is 41.8. The molecule has 6 aromatic carbocycles. The number of aryl methyl sites for hydroxylation is 1. The van der Waals surface area contributed by atoms with Crippen molar-refractivity contribution in [1.29, 1.82) is 0 Å². The normalized spacial score (nSPS) is 15.2. The van der Waals surface area contributed by atoms with Gasteiger partial charge in [0.05, 0.1) is 28.0 Å². The van der Waals surface area contributed by atoms with E-state index in [9.17, 15) is 5.11 Å². The third-order valence-electron chi connectivity index (χ3n) is 11.5. The van der Waals surface area contributed by atoms with Crippen LogP contribution in [0.3, 0.4) is 0 Å². The lowest BCUT2D eigenvalue weighted by molar-refractivity contribution is 0.446. The van der Waals surface area contributed by atoms with E-state index in [1.807, 2.05) is 128 Å². The van der Waals surface area contributed by atoms with Crippen molar-refractivity contribution in [1.82, 2.24) is 14.5 Å². The van der Waals surface area contributed by atoms with E-state index in [1.165, 1.54) is 12.1 Å². The number of nitrogens with zero attached hydrogens (tertiary/aromatic N) is 3. The van der Waals surface area contributed by atoms with Crippen LogP contribution in [0.5, 0.6) is 5.75 Å². The predicted octanol–water partition coefficient (Wildman–Crippen LogP) is 15.0. The maximum absolute atomic E-state index is 12.5. The molecule has 0 saturated carbocycles. The molecule has 0 unspecified atom stereocenters. The lowest BCUT2D eigenvalue weighted by atomic mass is 9.79. The number of benzene rings is 6. The fraction of sp³-hybridized carbons (Fsp3) is 0.250. The third-order valence-corrected chi connectivity index (χ3v) is 11.5. The van der Waals surface area contributed by atoms with Crippen LogP contribution in [-0.4, -0.2) is 19.6 Å². The highest BCUT2D eigenvalue weighted by Crippen LogP contribution is 2.46. The van der Waals surface area contributed by atoms with Gasteiger partial charge in [0, 0.05) is 40.8 Å². The van der Waals surface area contributed by atoms with Crippen molar-refractivity contribution in [2.45, 2.75) is 92.2 Å². The molecule has 0 fully saturated rings. The SMILES string of the molecule is [2H]C([2H])([2H])C(c1cc(-c2ncc(C)c(-c3ccccc3)c2C)cc(-c2cccc3c2nc(-c2cc(C(C)(C)C)cc(C(C)(C)C)c2O)n3-c2ccccc2-c2ccccc2)c1)(C([2H])([2H])[2H])C([2H])([2H])[2H]. The Morgan fingerprint density at radius 2 is 1.18 bits per heavy atom. The molecule has 1 N–H and O–H groups in total. The molecule has 4 heteroatoms. The summed E-state index contributed by atoms with van der Waals surface area (Å²) in [5.74, 6) is 0.500. The number of aromatic hydroxyl groups is 1. The Hall–Kier alpha value is -6.26. The van der Waals surface area contributed by atoms with Crippen LogP contribution in [0.4, 0.5) is 0 Å². The highest BCUT2D eigenvalue weighted by Gasteiger charge is 2.29. The average molecular weight is 797 g/mol. The van der Waals surface area contributed by atoms with Gasteiger partial charge in [-0.15, -0.1) is 0 Å².